The number of rotatable bonds is 1. The van der Waals surface area contributed by atoms with E-state index in [1.807, 2.05) is 0 Å². The number of benzene rings is 1. The molecule has 0 fully saturated rings. The first-order valence-electron chi connectivity index (χ1n) is 5.43. The van der Waals surface area contributed by atoms with Gasteiger partial charge in [-0.3, -0.25) is 4.99 Å². The molecule has 1 aromatic heterocycles. The monoisotopic (exact) mass is 231 g/mol. The van der Waals surface area contributed by atoms with Crippen LogP contribution in [0.5, 0.6) is 0 Å². The van der Waals surface area contributed by atoms with Crippen LogP contribution >= 0.6 is 11.8 Å². The number of aryl methyl sites for hydroxylation is 1. The molecule has 0 unspecified atom stereocenters. The highest BCUT2D eigenvalue weighted by molar-refractivity contribution is 8.14. The maximum atomic E-state index is 5.83. The van der Waals surface area contributed by atoms with Crippen molar-refractivity contribution in [2.75, 3.05) is 5.75 Å². The quantitative estimate of drug-likeness (QED) is 0.749. The molecule has 0 saturated heterocycles. The van der Waals surface area contributed by atoms with Gasteiger partial charge in [0.2, 0.25) is 0 Å². The first kappa shape index (κ1) is 9.97. The van der Waals surface area contributed by atoms with Gasteiger partial charge in [0.05, 0.1) is 6.04 Å². The summed E-state index contributed by atoms with van der Waals surface area (Å²) in [6.07, 6.45) is 0. The topological polar surface area (TPSA) is 25.5 Å². The lowest BCUT2D eigenvalue weighted by atomic mass is 10.2. The Hall–Kier alpha value is -1.22. The zero-order valence-corrected chi connectivity index (χ0v) is 10.2. The molecular weight excluding hydrogens is 218 g/mol. The van der Waals surface area contributed by atoms with E-state index < -0.39 is 0 Å². The van der Waals surface area contributed by atoms with Crippen molar-refractivity contribution in [2.45, 2.75) is 19.9 Å². The second-order valence-electron chi connectivity index (χ2n) is 4.25. The summed E-state index contributed by atoms with van der Waals surface area (Å²) in [6.45, 7) is 4.21. The lowest BCUT2D eigenvalue weighted by Gasteiger charge is -1.91. The number of hydrogen-bond acceptors (Lipinski definition) is 3. The normalized spacial score (nSPS) is 20.4. The molecule has 0 saturated carbocycles. The summed E-state index contributed by atoms with van der Waals surface area (Å²) < 4.78 is 5.83. The minimum atomic E-state index is 0.412. The molecule has 1 aliphatic heterocycles. The van der Waals surface area contributed by atoms with Crippen LogP contribution in [0.2, 0.25) is 0 Å². The summed E-state index contributed by atoms with van der Waals surface area (Å²) in [5.41, 5.74) is 2.18. The predicted octanol–water partition coefficient (Wildman–Crippen LogP) is 3.62. The molecular formula is C13H13NOS. The van der Waals surface area contributed by atoms with Crippen LogP contribution in [0.4, 0.5) is 0 Å². The van der Waals surface area contributed by atoms with Crippen LogP contribution in [0.3, 0.4) is 0 Å². The van der Waals surface area contributed by atoms with Gasteiger partial charge in [0.25, 0.3) is 0 Å². The van der Waals surface area contributed by atoms with Crippen molar-refractivity contribution in [3.05, 3.63) is 35.6 Å². The molecule has 3 rings (SSSR count). The zero-order valence-electron chi connectivity index (χ0n) is 9.36. The minimum Gasteiger partial charge on any atom is -0.454 e. The molecule has 1 atom stereocenters. The molecule has 0 amide bonds. The molecule has 3 heteroatoms. The summed E-state index contributed by atoms with van der Waals surface area (Å²) >= 11 is 1.78. The zero-order chi connectivity index (χ0) is 11.1. The fraction of sp³-hybridized carbons (Fsp3) is 0.308. The number of thioether (sulfide) groups is 1. The molecule has 0 radical (unpaired) electrons. The summed E-state index contributed by atoms with van der Waals surface area (Å²) in [5.74, 6) is 1.97. The van der Waals surface area contributed by atoms with Gasteiger partial charge in [-0.1, -0.05) is 12.1 Å². The second-order valence-corrected chi connectivity index (χ2v) is 5.25. The fourth-order valence-corrected chi connectivity index (χ4v) is 2.82. The molecule has 0 aliphatic carbocycles. The standard InChI is InChI=1S/C13H13NOS/c1-8-3-4-10-6-12(15-11(10)5-8)13-14-9(2)7-16-13/h3-6,9H,7H2,1-2H3/t9-/m1/s1. The van der Waals surface area contributed by atoms with E-state index in [1.165, 1.54) is 5.56 Å². The van der Waals surface area contributed by atoms with E-state index in [2.05, 4.69) is 43.1 Å². The maximum absolute atomic E-state index is 5.83. The summed E-state index contributed by atoms with van der Waals surface area (Å²) in [7, 11) is 0. The third-order valence-electron chi connectivity index (χ3n) is 2.69. The highest BCUT2D eigenvalue weighted by atomic mass is 32.2. The molecule has 2 nitrogen and oxygen atoms in total. The minimum absolute atomic E-state index is 0.412. The third kappa shape index (κ3) is 1.65. The Labute approximate surface area is 98.7 Å². The van der Waals surface area contributed by atoms with Crippen LogP contribution in [0.25, 0.3) is 11.0 Å². The Morgan fingerprint density at radius 1 is 1.38 bits per heavy atom. The Morgan fingerprint density at radius 3 is 3.00 bits per heavy atom. The number of aliphatic imine (C=N–C) groups is 1. The lowest BCUT2D eigenvalue weighted by molar-refractivity contribution is 0.606. The van der Waals surface area contributed by atoms with Gasteiger partial charge in [0.1, 0.15) is 10.6 Å². The fourth-order valence-electron chi connectivity index (χ4n) is 1.85. The van der Waals surface area contributed by atoms with E-state index in [1.54, 1.807) is 11.8 Å². The molecule has 82 valence electrons. The van der Waals surface area contributed by atoms with Crippen LogP contribution in [0.15, 0.2) is 33.7 Å². The van der Waals surface area contributed by atoms with Gasteiger partial charge < -0.3 is 4.42 Å². The molecule has 2 aromatic rings. The van der Waals surface area contributed by atoms with Crippen molar-refractivity contribution in [1.29, 1.82) is 0 Å². The van der Waals surface area contributed by atoms with E-state index in [-0.39, 0.29) is 0 Å². The van der Waals surface area contributed by atoms with Crippen LogP contribution in [0.1, 0.15) is 18.2 Å². The van der Waals surface area contributed by atoms with Gasteiger partial charge in [-0.05, 0) is 31.5 Å². The summed E-state index contributed by atoms with van der Waals surface area (Å²) in [4.78, 5) is 4.56. The van der Waals surface area contributed by atoms with Gasteiger partial charge >= 0.3 is 0 Å². The van der Waals surface area contributed by atoms with Crippen molar-refractivity contribution in [3.8, 4) is 0 Å². The Kier molecular flexibility index (Phi) is 2.28. The van der Waals surface area contributed by atoms with Gasteiger partial charge in [0.15, 0.2) is 5.76 Å². The highest BCUT2D eigenvalue weighted by Gasteiger charge is 2.18. The predicted molar refractivity (Wildman–Crippen MR) is 69.4 cm³/mol. The Morgan fingerprint density at radius 2 is 2.25 bits per heavy atom. The summed E-state index contributed by atoms with van der Waals surface area (Å²) in [6, 6.07) is 8.77. The smallest absolute Gasteiger partial charge is 0.159 e. The van der Waals surface area contributed by atoms with E-state index in [0.29, 0.717) is 6.04 Å². The van der Waals surface area contributed by atoms with Crippen LogP contribution in [-0.2, 0) is 0 Å². The second kappa shape index (κ2) is 3.67. The van der Waals surface area contributed by atoms with Crippen molar-refractivity contribution in [3.63, 3.8) is 0 Å². The van der Waals surface area contributed by atoms with E-state index >= 15 is 0 Å². The molecule has 1 aromatic carbocycles. The van der Waals surface area contributed by atoms with Gasteiger partial charge in [-0.15, -0.1) is 11.8 Å². The van der Waals surface area contributed by atoms with Crippen LogP contribution in [0, 0.1) is 6.92 Å². The SMILES string of the molecule is Cc1ccc2cc(C3=N[C@H](C)CS3)oc2c1. The average molecular weight is 231 g/mol. The molecule has 2 heterocycles. The van der Waals surface area contributed by atoms with Gasteiger partial charge in [0, 0.05) is 11.1 Å². The first-order valence-corrected chi connectivity index (χ1v) is 6.42. The molecule has 0 spiro atoms. The van der Waals surface area contributed by atoms with Crippen LogP contribution in [-0.4, -0.2) is 16.8 Å². The molecule has 16 heavy (non-hydrogen) atoms. The Bertz CT molecular complexity index is 570. The number of fused-ring (bicyclic) bond motifs is 1. The van der Waals surface area contributed by atoms with Gasteiger partial charge in [-0.25, -0.2) is 0 Å². The molecule has 1 aliphatic rings. The lowest BCUT2D eigenvalue weighted by Crippen LogP contribution is -1.92. The number of furan rings is 1. The maximum Gasteiger partial charge on any atom is 0.159 e. The van der Waals surface area contributed by atoms with Gasteiger partial charge in [-0.2, -0.15) is 0 Å². The Balaban J connectivity index is 2.09. The first-order chi connectivity index (χ1) is 7.72. The summed E-state index contributed by atoms with van der Waals surface area (Å²) in [5, 5.41) is 2.20. The van der Waals surface area contributed by atoms with Crippen molar-refractivity contribution < 1.29 is 4.42 Å². The van der Waals surface area contributed by atoms with Crippen molar-refractivity contribution in [2.24, 2.45) is 4.99 Å². The van der Waals surface area contributed by atoms with Crippen molar-refractivity contribution in [1.82, 2.24) is 0 Å². The largest absolute Gasteiger partial charge is 0.454 e. The molecule has 0 N–H and O–H groups in total. The highest BCUT2D eigenvalue weighted by Crippen LogP contribution is 2.28. The third-order valence-corrected chi connectivity index (χ3v) is 3.91. The van der Waals surface area contributed by atoms with E-state index in [4.69, 9.17) is 4.42 Å². The molecule has 0 bridgehead atoms. The average Bonchev–Trinajstić information content (AvgIpc) is 2.83. The van der Waals surface area contributed by atoms with E-state index in [0.717, 1.165) is 27.5 Å². The number of nitrogens with zero attached hydrogens (tertiary/aromatic N) is 1. The van der Waals surface area contributed by atoms with Crippen molar-refractivity contribution >= 4 is 27.8 Å². The van der Waals surface area contributed by atoms with E-state index in [9.17, 15) is 0 Å². The number of hydrogen-bond donors (Lipinski definition) is 0. The van der Waals surface area contributed by atoms with Crippen LogP contribution < -0.4 is 0 Å².